The molecule has 4 rings (SSSR count). The highest BCUT2D eigenvalue weighted by Crippen LogP contribution is 2.43. The van der Waals surface area contributed by atoms with Gasteiger partial charge in [0, 0.05) is 17.0 Å². The predicted octanol–water partition coefficient (Wildman–Crippen LogP) is 5.50. The first-order valence-corrected chi connectivity index (χ1v) is 11.7. The van der Waals surface area contributed by atoms with Crippen molar-refractivity contribution >= 4 is 10.0 Å². The van der Waals surface area contributed by atoms with Gasteiger partial charge >= 0.3 is 6.18 Å². The average Bonchev–Trinajstić information content (AvgIpc) is 3.20. The molecule has 1 aromatic heterocycles. The van der Waals surface area contributed by atoms with E-state index in [0.717, 1.165) is 16.8 Å². The maximum Gasteiger partial charge on any atom is 0.435 e. The Hall–Kier alpha value is -3.50. The minimum atomic E-state index is -4.78. The van der Waals surface area contributed by atoms with Gasteiger partial charge in [-0.1, -0.05) is 37.3 Å². The van der Waals surface area contributed by atoms with Crippen LogP contribution < -0.4 is 5.14 Å². The first-order valence-electron chi connectivity index (χ1n) is 10.1. The number of rotatable bonds is 5. The van der Waals surface area contributed by atoms with E-state index in [4.69, 9.17) is 5.14 Å². The van der Waals surface area contributed by atoms with E-state index in [1.165, 1.54) is 36.4 Å². The van der Waals surface area contributed by atoms with E-state index in [1.54, 1.807) is 37.3 Å². The van der Waals surface area contributed by atoms with Crippen LogP contribution in [0.25, 0.3) is 16.9 Å². The molecule has 0 amide bonds. The summed E-state index contributed by atoms with van der Waals surface area (Å²) >= 11 is 0. The quantitative estimate of drug-likeness (QED) is 0.376. The van der Waals surface area contributed by atoms with Crippen LogP contribution in [-0.2, 0) is 16.2 Å². The topological polar surface area (TPSA) is 78.0 Å². The lowest BCUT2D eigenvalue weighted by molar-refractivity contribution is -0.142. The molecule has 176 valence electrons. The maximum atomic E-state index is 14.2. The van der Waals surface area contributed by atoms with Crippen molar-refractivity contribution in [3.63, 3.8) is 0 Å². The second-order valence-electron chi connectivity index (χ2n) is 7.70. The highest BCUT2D eigenvalue weighted by atomic mass is 32.2. The highest BCUT2D eigenvalue weighted by Gasteiger charge is 2.41. The Morgan fingerprint density at radius 3 is 2.03 bits per heavy atom. The van der Waals surface area contributed by atoms with Gasteiger partial charge in [0.2, 0.25) is 10.0 Å². The molecule has 3 aromatic carbocycles. The second kappa shape index (κ2) is 8.69. The van der Waals surface area contributed by atoms with Crippen LogP contribution in [0.4, 0.5) is 17.6 Å². The van der Waals surface area contributed by atoms with Gasteiger partial charge in [0.15, 0.2) is 5.69 Å². The van der Waals surface area contributed by atoms with Crippen molar-refractivity contribution in [3.8, 4) is 16.9 Å². The average molecular weight is 489 g/mol. The van der Waals surface area contributed by atoms with Crippen molar-refractivity contribution in [1.82, 2.24) is 9.78 Å². The summed E-state index contributed by atoms with van der Waals surface area (Å²) in [6.07, 6.45) is -4.78. The molecule has 0 aliphatic rings. The fraction of sp³-hybridized carbons (Fsp3) is 0.125. The summed E-state index contributed by atoms with van der Waals surface area (Å²) in [5, 5.41) is 9.04. The predicted molar refractivity (Wildman–Crippen MR) is 119 cm³/mol. The lowest BCUT2D eigenvalue weighted by Gasteiger charge is -2.17. The van der Waals surface area contributed by atoms with E-state index in [2.05, 4.69) is 5.10 Å². The summed E-state index contributed by atoms with van der Waals surface area (Å²) in [6.45, 7) is 1.64. The summed E-state index contributed by atoms with van der Waals surface area (Å²) in [5.41, 5.74) is 0.0912. The first kappa shape index (κ1) is 23.7. The summed E-state index contributed by atoms with van der Waals surface area (Å²) in [5.74, 6) is -1.25. The Morgan fingerprint density at radius 1 is 0.912 bits per heavy atom. The van der Waals surface area contributed by atoms with Gasteiger partial charge in [-0.2, -0.15) is 18.3 Å². The number of hydrogen-bond acceptors (Lipinski definition) is 3. The molecular formula is C24H19F4N3O2S. The SMILES string of the molecule is CC(c1ccccc1)c1c(C(F)(F)F)nn(-c2ccc(S(N)(=O)=O)cc2)c1-c1ccc(F)cc1. The molecule has 0 bridgehead atoms. The van der Waals surface area contributed by atoms with E-state index >= 15 is 0 Å². The van der Waals surface area contributed by atoms with Gasteiger partial charge in [-0.15, -0.1) is 0 Å². The molecule has 1 heterocycles. The summed E-state index contributed by atoms with van der Waals surface area (Å²) in [6, 6.07) is 18.7. The molecule has 2 N–H and O–H groups in total. The normalized spacial score (nSPS) is 13.1. The molecule has 4 aromatic rings. The van der Waals surface area contributed by atoms with Crippen molar-refractivity contribution in [2.24, 2.45) is 5.14 Å². The molecule has 0 saturated heterocycles. The van der Waals surface area contributed by atoms with Crippen molar-refractivity contribution < 1.29 is 26.0 Å². The number of nitrogens with zero attached hydrogens (tertiary/aromatic N) is 2. The van der Waals surface area contributed by atoms with Gasteiger partial charge in [-0.05, 0) is 54.1 Å². The molecular weight excluding hydrogens is 470 g/mol. The van der Waals surface area contributed by atoms with Gasteiger partial charge in [-0.3, -0.25) is 0 Å². The summed E-state index contributed by atoms with van der Waals surface area (Å²) in [7, 11) is -4.00. The molecule has 10 heteroatoms. The van der Waals surface area contributed by atoms with E-state index in [9.17, 15) is 26.0 Å². The zero-order chi connectivity index (χ0) is 24.7. The number of nitrogens with two attached hydrogens (primary N) is 1. The van der Waals surface area contributed by atoms with Crippen LogP contribution in [-0.4, -0.2) is 18.2 Å². The number of sulfonamides is 1. The maximum absolute atomic E-state index is 14.2. The number of alkyl halides is 3. The van der Waals surface area contributed by atoms with Crippen LogP contribution in [0.5, 0.6) is 0 Å². The van der Waals surface area contributed by atoms with Gasteiger partial charge in [0.05, 0.1) is 16.3 Å². The van der Waals surface area contributed by atoms with Crippen molar-refractivity contribution in [2.45, 2.75) is 23.9 Å². The van der Waals surface area contributed by atoms with Crippen molar-refractivity contribution in [3.05, 3.63) is 102 Å². The minimum absolute atomic E-state index is 0.0826. The standard InChI is InChI=1S/C24H19F4N3O2S/c1-15(16-5-3-2-4-6-16)21-22(17-7-9-18(25)10-8-17)31(30-23(21)24(26,27)28)19-11-13-20(14-12-19)34(29,32)33/h2-15H,1H3,(H2,29,32,33). The number of halogens is 4. The van der Waals surface area contributed by atoms with Crippen LogP contribution >= 0.6 is 0 Å². The minimum Gasteiger partial charge on any atom is -0.232 e. The van der Waals surface area contributed by atoms with E-state index < -0.39 is 33.6 Å². The Balaban J connectivity index is 2.03. The molecule has 0 radical (unpaired) electrons. The van der Waals surface area contributed by atoms with Gasteiger partial charge in [-0.25, -0.2) is 22.6 Å². The number of hydrogen-bond donors (Lipinski definition) is 1. The Labute approximate surface area is 193 Å². The molecule has 0 fully saturated rings. The highest BCUT2D eigenvalue weighted by molar-refractivity contribution is 7.89. The smallest absolute Gasteiger partial charge is 0.232 e. The zero-order valence-electron chi connectivity index (χ0n) is 17.8. The third kappa shape index (κ3) is 4.59. The van der Waals surface area contributed by atoms with Crippen LogP contribution in [0.2, 0.25) is 0 Å². The van der Waals surface area contributed by atoms with Crippen LogP contribution in [0.1, 0.15) is 29.7 Å². The van der Waals surface area contributed by atoms with Gasteiger partial charge in [0.1, 0.15) is 5.82 Å². The second-order valence-corrected chi connectivity index (χ2v) is 9.26. The third-order valence-corrected chi connectivity index (χ3v) is 6.38. The number of aromatic nitrogens is 2. The number of primary sulfonamides is 1. The monoisotopic (exact) mass is 489 g/mol. The molecule has 0 saturated carbocycles. The van der Waals surface area contributed by atoms with Crippen molar-refractivity contribution in [2.75, 3.05) is 0 Å². The summed E-state index contributed by atoms with van der Waals surface area (Å²) in [4.78, 5) is -0.194. The molecule has 1 unspecified atom stereocenters. The van der Waals surface area contributed by atoms with Gasteiger partial charge < -0.3 is 0 Å². The molecule has 5 nitrogen and oxygen atoms in total. The largest absolute Gasteiger partial charge is 0.435 e. The molecule has 0 aliphatic heterocycles. The lowest BCUT2D eigenvalue weighted by Crippen LogP contribution is -2.12. The van der Waals surface area contributed by atoms with E-state index in [0.29, 0.717) is 11.1 Å². The van der Waals surface area contributed by atoms with Crippen LogP contribution in [0.15, 0.2) is 83.8 Å². The van der Waals surface area contributed by atoms with Crippen molar-refractivity contribution in [1.29, 1.82) is 0 Å². The fourth-order valence-electron chi connectivity index (χ4n) is 3.81. The van der Waals surface area contributed by atoms with E-state index in [1.807, 2.05) is 0 Å². The Morgan fingerprint density at radius 2 is 1.50 bits per heavy atom. The molecule has 1 atom stereocenters. The fourth-order valence-corrected chi connectivity index (χ4v) is 4.32. The molecule has 0 aliphatic carbocycles. The lowest BCUT2D eigenvalue weighted by atomic mass is 9.89. The molecule has 0 spiro atoms. The number of benzene rings is 3. The summed E-state index contributed by atoms with van der Waals surface area (Å²) < 4.78 is 80.5. The third-order valence-electron chi connectivity index (χ3n) is 5.45. The zero-order valence-corrected chi connectivity index (χ0v) is 18.6. The Kier molecular flexibility index (Phi) is 6.05. The van der Waals surface area contributed by atoms with Gasteiger partial charge in [0.25, 0.3) is 0 Å². The Bertz CT molecular complexity index is 1410. The molecule has 34 heavy (non-hydrogen) atoms. The van der Waals surface area contributed by atoms with Crippen LogP contribution in [0.3, 0.4) is 0 Å². The van der Waals surface area contributed by atoms with Crippen LogP contribution in [0, 0.1) is 5.82 Å². The first-order chi connectivity index (χ1) is 16.0. The van der Waals surface area contributed by atoms with E-state index in [-0.39, 0.29) is 21.8 Å².